The lowest BCUT2D eigenvalue weighted by atomic mass is 10.1. The first-order valence-corrected chi connectivity index (χ1v) is 6.22. The Balaban J connectivity index is 2.04. The number of nitrogens with one attached hydrogen (secondary N) is 1. The molecule has 0 saturated carbocycles. The topological polar surface area (TPSA) is 43.6 Å². The van der Waals surface area contributed by atoms with Gasteiger partial charge in [-0.3, -0.25) is 0 Å². The van der Waals surface area contributed by atoms with Crippen LogP contribution in [0, 0.1) is 0 Å². The minimum absolute atomic E-state index is 0.199. The van der Waals surface area contributed by atoms with Crippen LogP contribution >= 0.6 is 0 Å². The van der Waals surface area contributed by atoms with Gasteiger partial charge >= 0.3 is 0 Å². The Bertz CT molecular complexity index is 508. The van der Waals surface area contributed by atoms with E-state index in [0.29, 0.717) is 6.54 Å². The number of furan rings is 1. The Morgan fingerprint density at radius 3 is 2.58 bits per heavy atom. The quantitative estimate of drug-likeness (QED) is 0.867. The lowest BCUT2D eigenvalue weighted by molar-refractivity contribution is 0.354. The van der Waals surface area contributed by atoms with Crippen molar-refractivity contribution in [2.24, 2.45) is 0 Å². The monoisotopic (exact) mass is 261 g/mol. The molecule has 1 atom stereocenters. The molecule has 2 rings (SSSR count). The average molecular weight is 261 g/mol. The summed E-state index contributed by atoms with van der Waals surface area (Å²) in [5.74, 6) is 2.41. The molecule has 102 valence electrons. The molecule has 0 aliphatic carbocycles. The van der Waals surface area contributed by atoms with Crippen molar-refractivity contribution in [1.29, 1.82) is 0 Å². The van der Waals surface area contributed by atoms with Gasteiger partial charge in [0, 0.05) is 6.04 Å². The third-order valence-electron chi connectivity index (χ3n) is 3.07. The normalized spacial score (nSPS) is 12.2. The van der Waals surface area contributed by atoms with Gasteiger partial charge in [0.25, 0.3) is 0 Å². The summed E-state index contributed by atoms with van der Waals surface area (Å²) in [4.78, 5) is 0. The molecule has 1 unspecified atom stereocenters. The molecule has 0 radical (unpaired) electrons. The molecule has 0 aliphatic rings. The number of methoxy groups -OCH3 is 2. The molecule has 4 heteroatoms. The average Bonchev–Trinajstić information content (AvgIpc) is 2.97. The summed E-state index contributed by atoms with van der Waals surface area (Å²) >= 11 is 0. The third kappa shape index (κ3) is 3.29. The van der Waals surface area contributed by atoms with Crippen molar-refractivity contribution in [3.05, 3.63) is 47.9 Å². The summed E-state index contributed by atoms with van der Waals surface area (Å²) < 4.78 is 15.8. The van der Waals surface area contributed by atoms with Gasteiger partial charge in [0.2, 0.25) is 0 Å². The Morgan fingerprint density at radius 2 is 1.95 bits per heavy atom. The van der Waals surface area contributed by atoms with E-state index in [1.54, 1.807) is 20.5 Å². The van der Waals surface area contributed by atoms with E-state index in [9.17, 15) is 0 Å². The van der Waals surface area contributed by atoms with Crippen LogP contribution in [0.4, 0.5) is 0 Å². The van der Waals surface area contributed by atoms with Gasteiger partial charge in [-0.2, -0.15) is 0 Å². The van der Waals surface area contributed by atoms with Gasteiger partial charge in [-0.05, 0) is 36.8 Å². The first-order valence-electron chi connectivity index (χ1n) is 6.22. The smallest absolute Gasteiger partial charge is 0.161 e. The highest BCUT2D eigenvalue weighted by Gasteiger charge is 2.10. The van der Waals surface area contributed by atoms with Crippen LogP contribution in [-0.4, -0.2) is 14.2 Å². The molecule has 1 aromatic carbocycles. The minimum Gasteiger partial charge on any atom is -0.493 e. The van der Waals surface area contributed by atoms with E-state index in [1.165, 1.54) is 0 Å². The Morgan fingerprint density at radius 1 is 1.16 bits per heavy atom. The van der Waals surface area contributed by atoms with Crippen LogP contribution in [0.2, 0.25) is 0 Å². The first-order chi connectivity index (χ1) is 9.24. The summed E-state index contributed by atoms with van der Waals surface area (Å²) in [6.07, 6.45) is 1.68. The predicted octanol–water partition coefficient (Wildman–Crippen LogP) is 3.15. The zero-order chi connectivity index (χ0) is 13.7. The lowest BCUT2D eigenvalue weighted by Gasteiger charge is -2.15. The highest BCUT2D eigenvalue weighted by atomic mass is 16.5. The number of benzene rings is 1. The van der Waals surface area contributed by atoms with E-state index < -0.39 is 0 Å². The fourth-order valence-electron chi connectivity index (χ4n) is 1.91. The molecular formula is C15H19NO3. The van der Waals surface area contributed by atoms with Crippen LogP contribution in [0.25, 0.3) is 0 Å². The van der Waals surface area contributed by atoms with Gasteiger partial charge in [0.1, 0.15) is 5.76 Å². The zero-order valence-corrected chi connectivity index (χ0v) is 11.5. The standard InChI is InChI=1S/C15H19NO3/c1-11(16-10-13-5-4-8-19-13)12-6-7-14(17-2)15(9-12)18-3/h4-9,11,16H,10H2,1-3H3. The number of ether oxygens (including phenoxy) is 2. The van der Waals surface area contributed by atoms with E-state index >= 15 is 0 Å². The van der Waals surface area contributed by atoms with E-state index in [2.05, 4.69) is 12.2 Å². The largest absolute Gasteiger partial charge is 0.493 e. The summed E-state index contributed by atoms with van der Waals surface area (Å²) in [6.45, 7) is 2.80. The van der Waals surface area contributed by atoms with Crippen LogP contribution in [0.1, 0.15) is 24.3 Å². The number of hydrogen-bond acceptors (Lipinski definition) is 4. The Kier molecular flexibility index (Phi) is 4.47. The SMILES string of the molecule is COc1ccc(C(C)NCc2ccco2)cc1OC. The Labute approximate surface area is 113 Å². The molecule has 1 aromatic heterocycles. The van der Waals surface area contributed by atoms with Crippen LogP contribution in [-0.2, 0) is 6.54 Å². The zero-order valence-electron chi connectivity index (χ0n) is 11.5. The highest BCUT2D eigenvalue weighted by Crippen LogP contribution is 2.29. The first kappa shape index (κ1) is 13.5. The highest BCUT2D eigenvalue weighted by molar-refractivity contribution is 5.43. The molecule has 19 heavy (non-hydrogen) atoms. The van der Waals surface area contributed by atoms with Gasteiger partial charge in [-0.25, -0.2) is 0 Å². The second-order valence-electron chi connectivity index (χ2n) is 4.30. The molecule has 0 spiro atoms. The van der Waals surface area contributed by atoms with Crippen molar-refractivity contribution in [1.82, 2.24) is 5.32 Å². The molecule has 0 saturated heterocycles. The molecule has 1 heterocycles. The van der Waals surface area contributed by atoms with Gasteiger partial charge in [0.05, 0.1) is 27.0 Å². The summed E-state index contributed by atoms with van der Waals surface area (Å²) in [7, 11) is 3.28. The molecule has 0 bridgehead atoms. The van der Waals surface area contributed by atoms with Crippen LogP contribution in [0.15, 0.2) is 41.0 Å². The molecule has 4 nitrogen and oxygen atoms in total. The summed E-state index contributed by atoms with van der Waals surface area (Å²) in [5.41, 5.74) is 1.14. The van der Waals surface area contributed by atoms with E-state index in [4.69, 9.17) is 13.9 Å². The van der Waals surface area contributed by atoms with Crippen LogP contribution in [0.5, 0.6) is 11.5 Å². The second-order valence-corrected chi connectivity index (χ2v) is 4.30. The van der Waals surface area contributed by atoms with Gasteiger partial charge in [-0.15, -0.1) is 0 Å². The van der Waals surface area contributed by atoms with E-state index in [-0.39, 0.29) is 6.04 Å². The van der Waals surface area contributed by atoms with Gasteiger partial charge in [0.15, 0.2) is 11.5 Å². The fraction of sp³-hybridized carbons (Fsp3) is 0.333. The molecule has 1 N–H and O–H groups in total. The summed E-state index contributed by atoms with van der Waals surface area (Å²) in [6, 6.07) is 9.97. The predicted molar refractivity (Wildman–Crippen MR) is 73.5 cm³/mol. The van der Waals surface area contributed by atoms with Crippen LogP contribution < -0.4 is 14.8 Å². The second kappa shape index (κ2) is 6.29. The molecule has 0 amide bonds. The summed E-state index contributed by atoms with van der Waals surface area (Å²) in [5, 5.41) is 3.40. The number of rotatable bonds is 6. The van der Waals surface area contributed by atoms with Crippen molar-refractivity contribution < 1.29 is 13.9 Å². The van der Waals surface area contributed by atoms with E-state index in [0.717, 1.165) is 22.8 Å². The van der Waals surface area contributed by atoms with Crippen molar-refractivity contribution in [2.45, 2.75) is 19.5 Å². The third-order valence-corrected chi connectivity index (χ3v) is 3.07. The fourth-order valence-corrected chi connectivity index (χ4v) is 1.91. The molecule has 2 aromatic rings. The van der Waals surface area contributed by atoms with Crippen LogP contribution in [0.3, 0.4) is 0 Å². The maximum Gasteiger partial charge on any atom is 0.161 e. The Hall–Kier alpha value is -1.94. The van der Waals surface area contributed by atoms with Crippen molar-refractivity contribution in [3.8, 4) is 11.5 Å². The van der Waals surface area contributed by atoms with Crippen molar-refractivity contribution in [3.63, 3.8) is 0 Å². The molecule has 0 fully saturated rings. The number of hydrogen-bond donors (Lipinski definition) is 1. The lowest BCUT2D eigenvalue weighted by Crippen LogP contribution is -2.17. The molecule has 0 aliphatic heterocycles. The maximum absolute atomic E-state index is 5.31. The van der Waals surface area contributed by atoms with E-state index in [1.807, 2.05) is 30.3 Å². The van der Waals surface area contributed by atoms with Gasteiger partial charge in [-0.1, -0.05) is 6.07 Å². The van der Waals surface area contributed by atoms with Gasteiger partial charge < -0.3 is 19.2 Å². The van der Waals surface area contributed by atoms with Crippen molar-refractivity contribution in [2.75, 3.05) is 14.2 Å². The minimum atomic E-state index is 0.199. The molecular weight excluding hydrogens is 242 g/mol. The van der Waals surface area contributed by atoms with Crippen molar-refractivity contribution >= 4 is 0 Å². The maximum atomic E-state index is 5.31.